The first-order chi connectivity index (χ1) is 15.1. The Morgan fingerprint density at radius 3 is 1.97 bits per heavy atom. The Morgan fingerprint density at radius 1 is 0.871 bits per heavy atom. The highest BCUT2D eigenvalue weighted by Crippen LogP contribution is 2.29. The van der Waals surface area contributed by atoms with Gasteiger partial charge in [-0.2, -0.15) is 0 Å². The first-order valence-corrected chi connectivity index (χ1v) is 10.1. The van der Waals surface area contributed by atoms with Crippen molar-refractivity contribution in [2.24, 2.45) is 0 Å². The van der Waals surface area contributed by atoms with E-state index in [1.165, 1.54) is 7.11 Å². The number of carbonyl (C=O) groups excluding carboxylic acids is 1. The largest absolute Gasteiger partial charge is 0.480 e. The van der Waals surface area contributed by atoms with E-state index < -0.39 is 24.0 Å². The highest BCUT2D eigenvalue weighted by molar-refractivity contribution is 6.02. The van der Waals surface area contributed by atoms with Crippen LogP contribution >= 0.6 is 0 Å². The molecule has 156 valence electrons. The van der Waals surface area contributed by atoms with Crippen molar-refractivity contribution in [1.82, 2.24) is 5.32 Å². The molecular weight excluding hydrogens is 390 g/mol. The molecule has 0 heterocycles. The lowest BCUT2D eigenvalue weighted by atomic mass is 9.92. The molecule has 5 heteroatoms. The number of hydrogen-bond donors (Lipinski definition) is 2. The molecule has 1 amide bonds. The first kappa shape index (κ1) is 20.6. The Balaban J connectivity index is 1.69. The van der Waals surface area contributed by atoms with Crippen molar-refractivity contribution in [2.75, 3.05) is 7.11 Å². The predicted molar refractivity (Wildman–Crippen MR) is 121 cm³/mol. The summed E-state index contributed by atoms with van der Waals surface area (Å²) >= 11 is 0. The van der Waals surface area contributed by atoms with Crippen LogP contribution in [0.15, 0.2) is 84.9 Å². The molecule has 0 spiro atoms. The quantitative estimate of drug-likeness (QED) is 0.438. The molecule has 0 saturated heterocycles. The number of carboxylic acid groups (broad SMARTS) is 1. The zero-order valence-corrected chi connectivity index (χ0v) is 17.1. The molecule has 0 aromatic heterocycles. The van der Waals surface area contributed by atoms with Crippen molar-refractivity contribution in [3.05, 3.63) is 96.1 Å². The van der Waals surface area contributed by atoms with Crippen LogP contribution in [0.25, 0.3) is 21.5 Å². The molecule has 4 rings (SSSR count). The molecule has 0 aliphatic rings. The van der Waals surface area contributed by atoms with Crippen LogP contribution in [0.1, 0.15) is 17.2 Å². The summed E-state index contributed by atoms with van der Waals surface area (Å²) in [6, 6.07) is 25.8. The van der Waals surface area contributed by atoms with Crippen LogP contribution in [0, 0.1) is 0 Å². The number of amides is 1. The van der Waals surface area contributed by atoms with Gasteiger partial charge in [-0.1, -0.05) is 78.9 Å². The van der Waals surface area contributed by atoms with Crippen LogP contribution < -0.4 is 5.32 Å². The molecular formula is C26H23NO4. The van der Waals surface area contributed by atoms with Crippen LogP contribution in [0.2, 0.25) is 0 Å². The molecule has 2 N–H and O–H groups in total. The summed E-state index contributed by atoms with van der Waals surface area (Å²) in [4.78, 5) is 25.0. The Labute approximate surface area is 180 Å². The van der Waals surface area contributed by atoms with Crippen LogP contribution in [-0.2, 0) is 20.7 Å². The van der Waals surface area contributed by atoms with Gasteiger partial charge in [0.15, 0.2) is 6.10 Å². The van der Waals surface area contributed by atoms with Crippen molar-refractivity contribution in [3.63, 3.8) is 0 Å². The lowest BCUT2D eigenvalue weighted by Gasteiger charge is -2.21. The van der Waals surface area contributed by atoms with Gasteiger partial charge < -0.3 is 15.2 Å². The Bertz CT molecular complexity index is 1180. The molecule has 0 saturated carbocycles. The van der Waals surface area contributed by atoms with Crippen molar-refractivity contribution >= 4 is 33.4 Å². The van der Waals surface area contributed by atoms with Gasteiger partial charge in [0, 0.05) is 13.5 Å². The smallest absolute Gasteiger partial charge is 0.326 e. The molecule has 4 aromatic carbocycles. The Morgan fingerprint density at radius 2 is 1.42 bits per heavy atom. The normalized spacial score (nSPS) is 13.1. The molecule has 0 radical (unpaired) electrons. The third-order valence-electron chi connectivity index (χ3n) is 5.48. The average Bonchev–Trinajstić information content (AvgIpc) is 2.79. The Hall–Kier alpha value is -3.70. The number of fused-ring (bicyclic) bond motifs is 2. The van der Waals surface area contributed by atoms with Gasteiger partial charge in [0.05, 0.1) is 0 Å². The van der Waals surface area contributed by atoms with Gasteiger partial charge in [-0.15, -0.1) is 0 Å². The molecule has 5 nitrogen and oxygen atoms in total. The predicted octanol–water partition coefficient (Wildman–Crippen LogP) is 4.49. The third-order valence-corrected chi connectivity index (χ3v) is 5.48. The summed E-state index contributed by atoms with van der Waals surface area (Å²) in [5, 5.41) is 16.6. The standard InChI is InChI=1S/C26H23NO4/c1-31-24(17-9-3-2-4-10-17)25(28)27-23(26(29)30)16-22-20-13-7-5-11-18(20)15-19-12-6-8-14-21(19)22/h2-15,23-24H,16H2,1H3,(H,27,28)(H,29,30)/t23-,24+/m0/s1. The van der Waals surface area contributed by atoms with E-state index in [4.69, 9.17) is 4.74 Å². The van der Waals surface area contributed by atoms with Crippen LogP contribution in [0.3, 0.4) is 0 Å². The highest BCUT2D eigenvalue weighted by Gasteiger charge is 2.27. The number of carboxylic acids is 1. The molecule has 0 fully saturated rings. The van der Waals surface area contributed by atoms with E-state index in [1.807, 2.05) is 66.7 Å². The van der Waals surface area contributed by atoms with Gasteiger partial charge in [0.1, 0.15) is 6.04 Å². The number of rotatable bonds is 7. The van der Waals surface area contributed by atoms with Crippen molar-refractivity contribution in [1.29, 1.82) is 0 Å². The van der Waals surface area contributed by atoms with Gasteiger partial charge in [0.25, 0.3) is 5.91 Å². The number of benzene rings is 4. The Kier molecular flexibility index (Phi) is 5.96. The third kappa shape index (κ3) is 4.27. The minimum absolute atomic E-state index is 0.161. The van der Waals surface area contributed by atoms with Crippen molar-refractivity contribution in [2.45, 2.75) is 18.6 Å². The van der Waals surface area contributed by atoms with Crippen LogP contribution in [-0.4, -0.2) is 30.1 Å². The van der Waals surface area contributed by atoms with Gasteiger partial charge in [-0.25, -0.2) is 4.79 Å². The second-order valence-corrected chi connectivity index (χ2v) is 7.43. The molecule has 0 bridgehead atoms. The summed E-state index contributed by atoms with van der Waals surface area (Å²) in [5.74, 6) is -1.57. The molecule has 0 aliphatic carbocycles. The minimum atomic E-state index is -1.09. The number of aliphatic carboxylic acids is 1. The summed E-state index contributed by atoms with van der Waals surface area (Å²) < 4.78 is 5.36. The number of carbonyl (C=O) groups is 2. The van der Waals surface area contributed by atoms with Gasteiger partial charge in [0.2, 0.25) is 0 Å². The summed E-state index contributed by atoms with van der Waals surface area (Å²) in [6.07, 6.45) is -0.721. The van der Waals surface area contributed by atoms with Crippen molar-refractivity contribution < 1.29 is 19.4 Å². The van der Waals surface area contributed by atoms with E-state index in [0.717, 1.165) is 27.1 Å². The van der Waals surface area contributed by atoms with E-state index in [9.17, 15) is 14.7 Å². The average molecular weight is 413 g/mol. The second kappa shape index (κ2) is 8.98. The van der Waals surface area contributed by atoms with Gasteiger partial charge in [-0.05, 0) is 38.7 Å². The maximum Gasteiger partial charge on any atom is 0.326 e. The monoisotopic (exact) mass is 413 g/mol. The van der Waals surface area contributed by atoms with Crippen molar-refractivity contribution in [3.8, 4) is 0 Å². The van der Waals surface area contributed by atoms with Crippen LogP contribution in [0.4, 0.5) is 0 Å². The molecule has 0 unspecified atom stereocenters. The molecule has 4 aromatic rings. The van der Waals surface area contributed by atoms with E-state index in [0.29, 0.717) is 5.56 Å². The van der Waals surface area contributed by atoms with Crippen LogP contribution in [0.5, 0.6) is 0 Å². The zero-order chi connectivity index (χ0) is 21.8. The fourth-order valence-corrected chi connectivity index (χ4v) is 4.00. The number of hydrogen-bond acceptors (Lipinski definition) is 3. The van der Waals surface area contributed by atoms with E-state index in [-0.39, 0.29) is 6.42 Å². The summed E-state index contributed by atoms with van der Waals surface area (Å²) in [6.45, 7) is 0. The first-order valence-electron chi connectivity index (χ1n) is 10.1. The maximum absolute atomic E-state index is 12.9. The van der Waals surface area contributed by atoms with E-state index in [1.54, 1.807) is 12.1 Å². The number of ether oxygens (including phenoxy) is 1. The SMILES string of the molecule is CO[C@@H](C(=O)N[C@@H](Cc1c2ccccc2cc2ccccc12)C(=O)O)c1ccccc1. The molecule has 0 aliphatic heterocycles. The fourth-order valence-electron chi connectivity index (χ4n) is 4.00. The fraction of sp³-hybridized carbons (Fsp3) is 0.154. The van der Waals surface area contributed by atoms with Gasteiger partial charge in [-0.3, -0.25) is 4.79 Å². The van der Waals surface area contributed by atoms with E-state index in [2.05, 4.69) is 11.4 Å². The minimum Gasteiger partial charge on any atom is -0.480 e. The molecule has 2 atom stereocenters. The summed E-state index contributed by atoms with van der Waals surface area (Å²) in [5.41, 5.74) is 1.57. The van der Waals surface area contributed by atoms with E-state index >= 15 is 0 Å². The lowest BCUT2D eigenvalue weighted by Crippen LogP contribution is -2.44. The zero-order valence-electron chi connectivity index (χ0n) is 17.1. The topological polar surface area (TPSA) is 75.6 Å². The number of methoxy groups -OCH3 is 1. The van der Waals surface area contributed by atoms with Gasteiger partial charge >= 0.3 is 5.97 Å². The second-order valence-electron chi connectivity index (χ2n) is 7.43. The highest BCUT2D eigenvalue weighted by atomic mass is 16.5. The number of nitrogens with one attached hydrogen (secondary N) is 1. The maximum atomic E-state index is 12.9. The molecule has 31 heavy (non-hydrogen) atoms. The summed E-state index contributed by atoms with van der Waals surface area (Å²) in [7, 11) is 1.44. The lowest BCUT2D eigenvalue weighted by molar-refractivity contribution is -0.144.